The maximum Gasteiger partial charge on any atom is 0.528 e. The first kappa shape index (κ1) is 21.2. The molecule has 7 nitrogen and oxygen atoms in total. The van der Waals surface area contributed by atoms with Crippen molar-refractivity contribution in [3.05, 3.63) is 102 Å². The zero-order valence-corrected chi connectivity index (χ0v) is 18.6. The number of aromatic nitrogens is 1. The second kappa shape index (κ2) is 8.73. The fraction of sp³-hybridized carbons (Fsp3) is 0.160. The smallest absolute Gasteiger partial charge is 0.428 e. The summed E-state index contributed by atoms with van der Waals surface area (Å²) in [6.07, 6.45) is -0.282. The van der Waals surface area contributed by atoms with Gasteiger partial charge in [0.05, 0.1) is 22.7 Å². The normalized spacial score (nSPS) is 14.1. The van der Waals surface area contributed by atoms with Gasteiger partial charge in [-0.3, -0.25) is 0 Å². The molecule has 0 saturated heterocycles. The summed E-state index contributed by atoms with van der Waals surface area (Å²) in [7, 11) is -3.84. The highest BCUT2D eigenvalue weighted by Gasteiger charge is 2.31. The quantitative estimate of drug-likeness (QED) is 0.406. The molecule has 168 valence electrons. The molecular weight excluding hydrogens is 440 g/mol. The summed E-state index contributed by atoms with van der Waals surface area (Å²) in [5.41, 5.74) is 2.99. The molecule has 0 fully saturated rings. The van der Waals surface area contributed by atoms with Crippen LogP contribution < -0.4 is 0 Å². The van der Waals surface area contributed by atoms with E-state index in [0.29, 0.717) is 24.2 Å². The molecule has 0 aliphatic carbocycles. The van der Waals surface area contributed by atoms with Crippen LogP contribution in [0.4, 0.5) is 4.79 Å². The maximum absolute atomic E-state index is 13.6. The lowest BCUT2D eigenvalue weighted by molar-refractivity contribution is -0.139. The van der Waals surface area contributed by atoms with Crippen molar-refractivity contribution in [3.63, 3.8) is 0 Å². The summed E-state index contributed by atoms with van der Waals surface area (Å²) in [5.74, 6) is 0. The molecule has 0 radical (unpaired) electrons. The predicted octanol–water partition coefficient (Wildman–Crippen LogP) is 4.50. The molecule has 0 N–H and O–H groups in total. The van der Waals surface area contributed by atoms with Crippen molar-refractivity contribution in [3.8, 4) is 0 Å². The van der Waals surface area contributed by atoms with Crippen LogP contribution in [0.3, 0.4) is 0 Å². The number of fused-ring (bicyclic) bond motifs is 3. The summed E-state index contributed by atoms with van der Waals surface area (Å²) in [6, 6.07) is 25.1. The number of ether oxygens (including phenoxy) is 1. The first-order chi connectivity index (χ1) is 16.0. The number of para-hydroxylation sites is 1. The van der Waals surface area contributed by atoms with E-state index in [-0.39, 0.29) is 18.0 Å². The van der Waals surface area contributed by atoms with Gasteiger partial charge in [0.25, 0.3) is 10.0 Å². The third kappa shape index (κ3) is 4.10. The Morgan fingerprint density at radius 2 is 1.55 bits per heavy atom. The molecule has 33 heavy (non-hydrogen) atoms. The van der Waals surface area contributed by atoms with Gasteiger partial charge < -0.3 is 9.57 Å². The zero-order chi connectivity index (χ0) is 22.8. The second-order valence-electron chi connectivity index (χ2n) is 7.75. The number of carbonyl (C=O) groups is 1. The third-order valence-electron chi connectivity index (χ3n) is 5.66. The van der Waals surface area contributed by atoms with Crippen LogP contribution in [-0.4, -0.2) is 30.2 Å². The molecule has 3 aromatic carbocycles. The predicted molar refractivity (Wildman–Crippen MR) is 123 cm³/mol. The molecule has 0 unspecified atom stereocenters. The van der Waals surface area contributed by atoms with Crippen molar-refractivity contribution >= 4 is 27.1 Å². The lowest BCUT2D eigenvalue weighted by atomic mass is 10.0. The summed E-state index contributed by atoms with van der Waals surface area (Å²) < 4.78 is 33.8. The van der Waals surface area contributed by atoms with E-state index in [1.165, 1.54) is 9.04 Å². The van der Waals surface area contributed by atoms with Gasteiger partial charge in [0, 0.05) is 11.9 Å². The highest BCUT2D eigenvalue weighted by molar-refractivity contribution is 7.90. The molecule has 1 aliphatic rings. The van der Waals surface area contributed by atoms with Crippen LogP contribution in [0.1, 0.15) is 16.8 Å². The summed E-state index contributed by atoms with van der Waals surface area (Å²) in [5, 5.41) is 2.34. The first-order valence-electron chi connectivity index (χ1n) is 10.6. The Balaban J connectivity index is 1.43. The van der Waals surface area contributed by atoms with E-state index >= 15 is 0 Å². The van der Waals surface area contributed by atoms with Crippen molar-refractivity contribution in [2.24, 2.45) is 0 Å². The SMILES string of the molecule is O=C(OCc1ccccc1)ON1CCc2c(n(S(=O)(=O)c3ccccc3)c3ccccc23)C1. The van der Waals surface area contributed by atoms with Crippen molar-refractivity contribution in [1.29, 1.82) is 0 Å². The van der Waals surface area contributed by atoms with Crippen LogP contribution in [0.2, 0.25) is 0 Å². The number of hydroxylamine groups is 2. The van der Waals surface area contributed by atoms with Crippen molar-refractivity contribution in [2.45, 2.75) is 24.5 Å². The van der Waals surface area contributed by atoms with E-state index in [2.05, 4.69) is 0 Å². The van der Waals surface area contributed by atoms with Gasteiger partial charge in [-0.2, -0.15) is 0 Å². The summed E-state index contributed by atoms with van der Waals surface area (Å²) >= 11 is 0. The minimum Gasteiger partial charge on any atom is -0.428 e. The molecule has 5 rings (SSSR count). The number of carbonyl (C=O) groups excluding carboxylic acids is 1. The van der Waals surface area contributed by atoms with Gasteiger partial charge in [0.2, 0.25) is 0 Å². The van der Waals surface area contributed by atoms with Gasteiger partial charge in [0.15, 0.2) is 0 Å². The standard InChI is InChI=1S/C25H22N2O5S/c28-25(31-18-19-9-3-1-4-10-19)32-26-16-15-22-21-13-7-8-14-23(21)27(24(22)17-26)33(29,30)20-11-5-2-6-12-20/h1-14H,15-18H2. The van der Waals surface area contributed by atoms with Crippen molar-refractivity contribution in [1.82, 2.24) is 9.04 Å². The Bertz CT molecular complexity index is 1400. The van der Waals surface area contributed by atoms with Crippen molar-refractivity contribution < 1.29 is 22.8 Å². The van der Waals surface area contributed by atoms with Gasteiger partial charge in [-0.25, -0.2) is 17.2 Å². The lowest BCUT2D eigenvalue weighted by Gasteiger charge is -2.26. The van der Waals surface area contributed by atoms with E-state index in [4.69, 9.17) is 9.57 Å². The van der Waals surface area contributed by atoms with Crippen LogP contribution in [-0.2, 0) is 39.2 Å². The molecule has 0 atom stereocenters. The number of hydrogen-bond donors (Lipinski definition) is 0. The van der Waals surface area contributed by atoms with Crippen LogP contribution in [0.15, 0.2) is 89.8 Å². The molecule has 2 heterocycles. The van der Waals surface area contributed by atoms with Gasteiger partial charge in [-0.05, 0) is 35.7 Å². The highest BCUT2D eigenvalue weighted by atomic mass is 32.2. The molecule has 0 bridgehead atoms. The van der Waals surface area contributed by atoms with Gasteiger partial charge >= 0.3 is 6.16 Å². The molecule has 1 aromatic heterocycles. The Morgan fingerprint density at radius 1 is 0.879 bits per heavy atom. The molecule has 0 amide bonds. The lowest BCUT2D eigenvalue weighted by Crippen LogP contribution is -2.34. The largest absolute Gasteiger partial charge is 0.528 e. The van der Waals surface area contributed by atoms with Crippen molar-refractivity contribution in [2.75, 3.05) is 6.54 Å². The van der Waals surface area contributed by atoms with Crippen LogP contribution in [0, 0.1) is 0 Å². The van der Waals surface area contributed by atoms with Crippen LogP contribution in [0.25, 0.3) is 10.9 Å². The topological polar surface area (TPSA) is 77.8 Å². The molecular formula is C25H22N2O5S. The minimum atomic E-state index is -3.84. The van der Waals surface area contributed by atoms with Gasteiger partial charge in [-0.15, -0.1) is 5.06 Å². The maximum atomic E-state index is 13.6. The number of rotatable bonds is 5. The molecule has 0 saturated carbocycles. The van der Waals surface area contributed by atoms with Crippen LogP contribution >= 0.6 is 0 Å². The monoisotopic (exact) mass is 462 g/mol. The number of nitrogens with zero attached hydrogens (tertiary/aromatic N) is 2. The molecule has 0 spiro atoms. The fourth-order valence-corrected chi connectivity index (χ4v) is 5.74. The second-order valence-corrected chi connectivity index (χ2v) is 9.54. The fourth-order valence-electron chi connectivity index (χ4n) is 4.15. The number of benzene rings is 3. The zero-order valence-electron chi connectivity index (χ0n) is 17.8. The molecule has 8 heteroatoms. The van der Waals surface area contributed by atoms with E-state index in [1.807, 2.05) is 48.5 Å². The third-order valence-corrected chi connectivity index (χ3v) is 7.43. The average Bonchev–Trinajstić information content (AvgIpc) is 3.18. The summed E-state index contributed by atoms with van der Waals surface area (Å²) in [4.78, 5) is 17.9. The minimum absolute atomic E-state index is 0.0986. The Labute approximate surface area is 191 Å². The molecule has 1 aliphatic heterocycles. The van der Waals surface area contributed by atoms with Gasteiger partial charge in [0.1, 0.15) is 6.61 Å². The van der Waals surface area contributed by atoms with E-state index in [0.717, 1.165) is 16.5 Å². The van der Waals surface area contributed by atoms with Crippen LogP contribution in [0.5, 0.6) is 0 Å². The average molecular weight is 463 g/mol. The van der Waals surface area contributed by atoms with E-state index < -0.39 is 16.2 Å². The Morgan fingerprint density at radius 3 is 2.30 bits per heavy atom. The Kier molecular flexibility index (Phi) is 5.62. The van der Waals surface area contributed by atoms with Gasteiger partial charge in [-0.1, -0.05) is 66.7 Å². The van der Waals surface area contributed by atoms with E-state index in [1.54, 1.807) is 36.4 Å². The molecule has 4 aromatic rings. The first-order valence-corrected chi connectivity index (χ1v) is 12.0. The summed E-state index contributed by atoms with van der Waals surface area (Å²) in [6.45, 7) is 0.671. The number of hydrogen-bond acceptors (Lipinski definition) is 6. The Hall–Kier alpha value is -3.62. The van der Waals surface area contributed by atoms with E-state index in [9.17, 15) is 13.2 Å². The highest BCUT2D eigenvalue weighted by Crippen LogP contribution is 2.34.